The minimum atomic E-state index is -0.260. The summed E-state index contributed by atoms with van der Waals surface area (Å²) in [6, 6.07) is 12.5. The summed E-state index contributed by atoms with van der Waals surface area (Å²) in [6.45, 7) is 4.63. The van der Waals surface area contributed by atoms with Crippen LogP contribution in [0.25, 0.3) is 11.1 Å². The van der Waals surface area contributed by atoms with E-state index in [2.05, 4.69) is 16.3 Å². The first kappa shape index (κ1) is 19.7. The van der Waals surface area contributed by atoms with Crippen LogP contribution in [0.4, 0.5) is 14.9 Å². The second kappa shape index (κ2) is 7.67. The van der Waals surface area contributed by atoms with Gasteiger partial charge in [-0.3, -0.25) is 0 Å². The molecule has 154 valence electrons. The summed E-state index contributed by atoms with van der Waals surface area (Å²) < 4.78 is 13.3. The molecule has 0 radical (unpaired) electrons. The number of nitrogens with zero attached hydrogens (tertiary/aromatic N) is 2. The van der Waals surface area contributed by atoms with E-state index < -0.39 is 0 Å². The molecule has 6 heteroatoms. The lowest BCUT2D eigenvalue weighted by molar-refractivity contribution is 0.159. The van der Waals surface area contributed by atoms with E-state index in [0.717, 1.165) is 28.8 Å². The first-order chi connectivity index (χ1) is 13.9. The highest BCUT2D eigenvalue weighted by Crippen LogP contribution is 2.49. The van der Waals surface area contributed by atoms with Crippen LogP contribution in [0, 0.1) is 11.7 Å². The van der Waals surface area contributed by atoms with E-state index >= 15 is 0 Å². The number of anilines is 1. The molecule has 2 aromatic rings. The highest BCUT2D eigenvalue weighted by molar-refractivity contribution is 5.77. The van der Waals surface area contributed by atoms with Crippen molar-refractivity contribution in [1.82, 2.24) is 10.2 Å². The van der Waals surface area contributed by atoms with Crippen LogP contribution in [-0.4, -0.2) is 48.3 Å². The second-order valence-corrected chi connectivity index (χ2v) is 8.34. The van der Waals surface area contributed by atoms with E-state index in [4.69, 9.17) is 0 Å². The van der Waals surface area contributed by atoms with Crippen LogP contribution >= 0.6 is 0 Å². The van der Waals surface area contributed by atoms with Gasteiger partial charge in [0.25, 0.3) is 0 Å². The van der Waals surface area contributed by atoms with E-state index in [1.54, 1.807) is 12.1 Å². The molecule has 0 spiro atoms. The Morgan fingerprint density at radius 2 is 1.90 bits per heavy atom. The molecule has 29 heavy (non-hydrogen) atoms. The number of carbonyl (C=O) groups excluding carboxylic acids is 1. The monoisotopic (exact) mass is 397 g/mol. The maximum Gasteiger partial charge on any atom is 0.318 e. The number of aliphatic hydroxyl groups excluding tert-OH is 1. The average molecular weight is 397 g/mol. The number of aliphatic hydroxyl groups is 1. The molecule has 0 unspecified atom stereocenters. The van der Waals surface area contributed by atoms with Gasteiger partial charge in [-0.1, -0.05) is 18.2 Å². The van der Waals surface area contributed by atoms with E-state index in [9.17, 15) is 14.3 Å². The van der Waals surface area contributed by atoms with Crippen LogP contribution in [0.5, 0.6) is 0 Å². The number of halogens is 1. The second-order valence-electron chi connectivity index (χ2n) is 8.34. The largest absolute Gasteiger partial charge is 0.394 e. The van der Waals surface area contributed by atoms with Gasteiger partial charge in [0.1, 0.15) is 5.82 Å². The van der Waals surface area contributed by atoms with E-state index in [1.807, 2.05) is 37.9 Å². The maximum atomic E-state index is 13.3. The van der Waals surface area contributed by atoms with Crippen molar-refractivity contribution in [2.24, 2.45) is 5.92 Å². The molecule has 2 amide bonds. The van der Waals surface area contributed by atoms with Gasteiger partial charge >= 0.3 is 6.03 Å². The molecule has 3 atom stereocenters. The van der Waals surface area contributed by atoms with Crippen molar-refractivity contribution in [3.8, 4) is 11.1 Å². The summed E-state index contributed by atoms with van der Waals surface area (Å²) in [5.41, 5.74) is 4.05. The van der Waals surface area contributed by atoms with Crippen molar-refractivity contribution in [3.05, 3.63) is 53.8 Å². The molecule has 2 heterocycles. The van der Waals surface area contributed by atoms with Crippen LogP contribution in [0.15, 0.2) is 42.5 Å². The quantitative estimate of drug-likeness (QED) is 0.829. The van der Waals surface area contributed by atoms with E-state index in [0.29, 0.717) is 6.54 Å². The van der Waals surface area contributed by atoms with Crippen molar-refractivity contribution in [2.75, 3.05) is 25.1 Å². The zero-order valence-electron chi connectivity index (χ0n) is 17.1. The Morgan fingerprint density at radius 3 is 2.55 bits per heavy atom. The van der Waals surface area contributed by atoms with Crippen molar-refractivity contribution >= 4 is 11.7 Å². The normalized spacial score (nSPS) is 23.2. The van der Waals surface area contributed by atoms with Crippen LogP contribution in [-0.2, 0) is 0 Å². The topological polar surface area (TPSA) is 55.8 Å². The van der Waals surface area contributed by atoms with Crippen molar-refractivity contribution < 1.29 is 14.3 Å². The fourth-order valence-electron chi connectivity index (χ4n) is 4.83. The summed E-state index contributed by atoms with van der Waals surface area (Å²) in [5.74, 6) is -0.0940. The summed E-state index contributed by atoms with van der Waals surface area (Å²) in [7, 11) is 2.00. The SMILES string of the molecule is CC(C)NC(=O)N1CC[C@@H]2[C@H]1c1cc(-c3ccc(F)cc3)ccc1N(C)[C@H]2CO. The number of likely N-dealkylation sites (tertiary alicyclic amines) is 1. The molecule has 4 rings (SSSR count). The van der Waals surface area contributed by atoms with Crippen molar-refractivity contribution in [2.45, 2.75) is 38.4 Å². The third-order valence-corrected chi connectivity index (χ3v) is 6.20. The van der Waals surface area contributed by atoms with Gasteiger partial charge in [0.2, 0.25) is 0 Å². The van der Waals surface area contributed by atoms with Crippen molar-refractivity contribution in [3.63, 3.8) is 0 Å². The smallest absolute Gasteiger partial charge is 0.318 e. The number of urea groups is 1. The van der Waals surface area contributed by atoms with Crippen LogP contribution in [0.3, 0.4) is 0 Å². The summed E-state index contributed by atoms with van der Waals surface area (Å²) in [5, 5.41) is 13.1. The molecule has 2 aliphatic rings. The van der Waals surface area contributed by atoms with Crippen molar-refractivity contribution in [1.29, 1.82) is 0 Å². The molecule has 1 fully saturated rings. The third-order valence-electron chi connectivity index (χ3n) is 6.20. The standard InChI is InChI=1S/C23H28FN3O2/c1-14(2)25-23(29)27-11-10-18-21(13-28)26(3)20-9-6-16(12-19(20)22(18)27)15-4-7-17(24)8-5-15/h4-9,12,14,18,21-22,28H,10-11,13H2,1-3H3,(H,25,29)/t18-,21-,22-/m0/s1. The highest BCUT2D eigenvalue weighted by atomic mass is 19.1. The molecule has 5 nitrogen and oxygen atoms in total. The van der Waals surface area contributed by atoms with Gasteiger partial charge in [-0.25, -0.2) is 9.18 Å². The number of rotatable bonds is 3. The fourth-order valence-corrected chi connectivity index (χ4v) is 4.83. The number of benzene rings is 2. The van der Waals surface area contributed by atoms with Gasteiger partial charge in [0.05, 0.1) is 18.7 Å². The van der Waals surface area contributed by atoms with Gasteiger partial charge in [-0.2, -0.15) is 0 Å². The molecule has 2 N–H and O–H groups in total. The van der Waals surface area contributed by atoms with Gasteiger partial charge < -0.3 is 20.2 Å². The van der Waals surface area contributed by atoms with Crippen LogP contribution in [0.1, 0.15) is 31.9 Å². The van der Waals surface area contributed by atoms with Gasteiger partial charge in [-0.15, -0.1) is 0 Å². The zero-order chi connectivity index (χ0) is 20.7. The maximum absolute atomic E-state index is 13.3. The van der Waals surface area contributed by atoms with Crippen LogP contribution in [0.2, 0.25) is 0 Å². The van der Waals surface area contributed by atoms with E-state index in [1.165, 1.54) is 12.1 Å². The van der Waals surface area contributed by atoms with E-state index in [-0.39, 0.29) is 42.5 Å². The average Bonchev–Trinajstić information content (AvgIpc) is 3.13. The molecule has 2 aliphatic heterocycles. The predicted molar refractivity (Wildman–Crippen MR) is 112 cm³/mol. The highest BCUT2D eigenvalue weighted by Gasteiger charge is 2.47. The summed E-state index contributed by atoms with van der Waals surface area (Å²) >= 11 is 0. The molecule has 1 saturated heterocycles. The number of carbonyl (C=O) groups is 1. The number of fused-ring (bicyclic) bond motifs is 3. The Balaban J connectivity index is 1.78. The Hall–Kier alpha value is -2.60. The molecule has 0 bridgehead atoms. The fraction of sp³-hybridized carbons (Fsp3) is 0.435. The minimum absolute atomic E-state index is 0.0268. The number of hydrogen-bond acceptors (Lipinski definition) is 3. The Kier molecular flexibility index (Phi) is 5.21. The predicted octanol–water partition coefficient (Wildman–Crippen LogP) is 3.78. The Bertz CT molecular complexity index is 899. The first-order valence-corrected chi connectivity index (χ1v) is 10.2. The number of nitrogens with one attached hydrogen (secondary N) is 1. The lowest BCUT2D eigenvalue weighted by Gasteiger charge is -2.44. The molecule has 0 aliphatic carbocycles. The Labute approximate surface area is 171 Å². The zero-order valence-corrected chi connectivity index (χ0v) is 17.1. The summed E-state index contributed by atoms with van der Waals surface area (Å²) in [6.07, 6.45) is 0.853. The molecular weight excluding hydrogens is 369 g/mol. The lowest BCUT2D eigenvalue weighted by Crippen LogP contribution is -2.50. The van der Waals surface area contributed by atoms with Gasteiger partial charge in [0, 0.05) is 31.2 Å². The number of likely N-dealkylation sites (N-methyl/N-ethyl adjacent to an activating group) is 1. The van der Waals surface area contributed by atoms with Gasteiger partial charge in [0.15, 0.2) is 0 Å². The molecule has 0 aromatic heterocycles. The molecule has 2 aromatic carbocycles. The number of amides is 2. The molecular formula is C23H28FN3O2. The lowest BCUT2D eigenvalue weighted by atomic mass is 9.81. The minimum Gasteiger partial charge on any atom is -0.394 e. The number of hydrogen-bond donors (Lipinski definition) is 2. The Morgan fingerprint density at radius 1 is 1.21 bits per heavy atom. The molecule has 0 saturated carbocycles. The summed E-state index contributed by atoms with van der Waals surface area (Å²) in [4.78, 5) is 16.9. The van der Waals surface area contributed by atoms with Crippen LogP contribution < -0.4 is 10.2 Å². The third kappa shape index (κ3) is 3.46. The van der Waals surface area contributed by atoms with Gasteiger partial charge in [-0.05, 0) is 61.2 Å². The first-order valence-electron chi connectivity index (χ1n) is 10.2.